The number of nitrogens with one attached hydrogen (secondary N) is 1. The Morgan fingerprint density at radius 3 is 2.68 bits per heavy atom. The van der Waals surface area contributed by atoms with E-state index in [4.69, 9.17) is 0 Å². The number of unbranched alkanes of at least 4 members (excludes halogenated alkanes) is 1. The van der Waals surface area contributed by atoms with Gasteiger partial charge in [0.25, 0.3) is 5.91 Å². The molecular weight excluding hydrogens is 348 g/mol. The highest BCUT2D eigenvalue weighted by atomic mass is 16.1. The number of nitrogens with zero attached hydrogens (tertiary/aromatic N) is 1. The van der Waals surface area contributed by atoms with Gasteiger partial charge < -0.3 is 10.2 Å². The Bertz CT molecular complexity index is 890. The van der Waals surface area contributed by atoms with Crippen molar-refractivity contribution >= 4 is 11.7 Å². The molecule has 1 fully saturated rings. The SMILES string of the molecule is CC1CCCN(CCCCNC(=O)c2ccc3c(c2)C(=O)c2ccccc2-3)C1. The molecule has 1 N–H and O–H groups in total. The van der Waals surface area contributed by atoms with Crippen LogP contribution in [-0.4, -0.2) is 42.8 Å². The van der Waals surface area contributed by atoms with Crippen molar-refractivity contribution in [2.75, 3.05) is 26.2 Å². The Labute approximate surface area is 166 Å². The lowest BCUT2D eigenvalue weighted by atomic mass is 10.0. The third kappa shape index (κ3) is 3.88. The number of piperidine rings is 1. The summed E-state index contributed by atoms with van der Waals surface area (Å²) in [6.07, 6.45) is 4.73. The summed E-state index contributed by atoms with van der Waals surface area (Å²) in [6.45, 7) is 6.53. The monoisotopic (exact) mass is 376 g/mol. The van der Waals surface area contributed by atoms with E-state index in [9.17, 15) is 9.59 Å². The molecule has 1 unspecified atom stereocenters. The van der Waals surface area contributed by atoms with E-state index in [1.807, 2.05) is 36.4 Å². The van der Waals surface area contributed by atoms with Crippen LogP contribution in [0.15, 0.2) is 42.5 Å². The lowest BCUT2D eigenvalue weighted by Gasteiger charge is -2.30. The number of carbonyl (C=O) groups excluding carboxylic acids is 2. The largest absolute Gasteiger partial charge is 0.352 e. The molecule has 4 nitrogen and oxygen atoms in total. The molecule has 2 aromatic carbocycles. The molecule has 1 heterocycles. The number of rotatable bonds is 6. The Kier molecular flexibility index (Phi) is 5.58. The Morgan fingerprint density at radius 1 is 1.07 bits per heavy atom. The van der Waals surface area contributed by atoms with E-state index in [2.05, 4.69) is 17.1 Å². The third-order valence-corrected chi connectivity index (χ3v) is 5.92. The molecule has 4 rings (SSSR count). The van der Waals surface area contributed by atoms with Gasteiger partial charge in [0, 0.05) is 29.8 Å². The topological polar surface area (TPSA) is 49.4 Å². The highest BCUT2D eigenvalue weighted by Crippen LogP contribution is 2.36. The second-order valence-electron chi connectivity index (χ2n) is 8.15. The molecule has 1 amide bonds. The number of benzene rings is 2. The van der Waals surface area contributed by atoms with E-state index >= 15 is 0 Å². The normalized spacial score (nSPS) is 18.6. The summed E-state index contributed by atoms with van der Waals surface area (Å²) in [5.74, 6) is 0.719. The van der Waals surface area contributed by atoms with E-state index in [-0.39, 0.29) is 11.7 Å². The lowest BCUT2D eigenvalue weighted by Crippen LogP contribution is -2.35. The summed E-state index contributed by atoms with van der Waals surface area (Å²) in [4.78, 5) is 27.6. The van der Waals surface area contributed by atoms with Gasteiger partial charge in [-0.05, 0) is 68.0 Å². The first-order valence-corrected chi connectivity index (χ1v) is 10.4. The summed E-state index contributed by atoms with van der Waals surface area (Å²) >= 11 is 0. The van der Waals surface area contributed by atoms with Crippen molar-refractivity contribution in [3.63, 3.8) is 0 Å². The minimum atomic E-state index is -0.0989. The van der Waals surface area contributed by atoms with E-state index < -0.39 is 0 Å². The first-order valence-electron chi connectivity index (χ1n) is 10.4. The number of amides is 1. The molecule has 2 aliphatic rings. The minimum Gasteiger partial charge on any atom is -0.352 e. The smallest absolute Gasteiger partial charge is 0.251 e. The molecule has 4 heteroatoms. The molecule has 0 bridgehead atoms. The predicted molar refractivity (Wildman–Crippen MR) is 112 cm³/mol. The van der Waals surface area contributed by atoms with Crippen LogP contribution in [0.25, 0.3) is 11.1 Å². The fraction of sp³-hybridized carbons (Fsp3) is 0.417. The minimum absolute atomic E-state index is 0.0102. The molecule has 1 saturated heterocycles. The van der Waals surface area contributed by atoms with Gasteiger partial charge in [0.2, 0.25) is 0 Å². The fourth-order valence-electron chi connectivity index (χ4n) is 4.42. The van der Waals surface area contributed by atoms with Crippen molar-refractivity contribution in [3.8, 4) is 11.1 Å². The van der Waals surface area contributed by atoms with Crippen molar-refractivity contribution in [1.82, 2.24) is 10.2 Å². The number of hydrogen-bond donors (Lipinski definition) is 1. The standard InChI is InChI=1S/C24H28N2O2/c1-17-7-6-14-26(16-17)13-5-4-12-25-24(28)18-10-11-20-19-8-2-3-9-21(19)23(27)22(20)15-18/h2-3,8-11,15,17H,4-7,12-14,16H2,1H3,(H,25,28). The van der Waals surface area contributed by atoms with Gasteiger partial charge >= 0.3 is 0 Å². The molecule has 1 atom stereocenters. The van der Waals surface area contributed by atoms with Gasteiger partial charge in [-0.1, -0.05) is 37.3 Å². The van der Waals surface area contributed by atoms with Gasteiger partial charge in [0.15, 0.2) is 5.78 Å². The average molecular weight is 377 g/mol. The van der Waals surface area contributed by atoms with Gasteiger partial charge in [0.1, 0.15) is 0 Å². The maximum absolute atomic E-state index is 12.6. The summed E-state index contributed by atoms with van der Waals surface area (Å²) < 4.78 is 0. The van der Waals surface area contributed by atoms with Crippen molar-refractivity contribution in [3.05, 3.63) is 59.2 Å². The molecule has 2 aromatic rings. The zero-order chi connectivity index (χ0) is 19.5. The van der Waals surface area contributed by atoms with Crippen LogP contribution in [-0.2, 0) is 0 Å². The summed E-state index contributed by atoms with van der Waals surface area (Å²) in [5.41, 5.74) is 3.80. The fourth-order valence-corrected chi connectivity index (χ4v) is 4.42. The number of ketones is 1. The second-order valence-corrected chi connectivity index (χ2v) is 8.15. The third-order valence-electron chi connectivity index (χ3n) is 5.92. The van der Waals surface area contributed by atoms with Gasteiger partial charge in [-0.15, -0.1) is 0 Å². The highest BCUT2D eigenvalue weighted by Gasteiger charge is 2.27. The molecule has 146 valence electrons. The Balaban J connectivity index is 1.29. The number of fused-ring (bicyclic) bond motifs is 3. The molecular formula is C24H28N2O2. The molecule has 1 aliphatic carbocycles. The Morgan fingerprint density at radius 2 is 1.86 bits per heavy atom. The van der Waals surface area contributed by atoms with Gasteiger partial charge in [-0.2, -0.15) is 0 Å². The zero-order valence-corrected chi connectivity index (χ0v) is 16.5. The number of likely N-dealkylation sites (tertiary alicyclic amines) is 1. The highest BCUT2D eigenvalue weighted by molar-refractivity contribution is 6.22. The van der Waals surface area contributed by atoms with Crippen molar-refractivity contribution in [2.45, 2.75) is 32.6 Å². The molecule has 28 heavy (non-hydrogen) atoms. The first kappa shape index (κ1) is 18.9. The second kappa shape index (κ2) is 8.27. The summed E-state index contributed by atoms with van der Waals surface area (Å²) in [6, 6.07) is 13.1. The van der Waals surface area contributed by atoms with E-state index in [1.165, 1.54) is 25.9 Å². The van der Waals surface area contributed by atoms with Crippen molar-refractivity contribution in [1.29, 1.82) is 0 Å². The summed E-state index contributed by atoms with van der Waals surface area (Å²) in [7, 11) is 0. The van der Waals surface area contributed by atoms with Crippen molar-refractivity contribution in [2.24, 2.45) is 5.92 Å². The average Bonchev–Trinajstić information content (AvgIpc) is 3.00. The predicted octanol–water partition coefficient (Wildman–Crippen LogP) is 4.14. The van der Waals surface area contributed by atoms with Crippen LogP contribution in [0.3, 0.4) is 0 Å². The molecule has 1 aliphatic heterocycles. The zero-order valence-electron chi connectivity index (χ0n) is 16.5. The van der Waals surface area contributed by atoms with Crippen LogP contribution < -0.4 is 5.32 Å². The van der Waals surface area contributed by atoms with E-state index in [1.54, 1.807) is 6.07 Å². The van der Waals surface area contributed by atoms with Gasteiger partial charge in [-0.3, -0.25) is 9.59 Å². The summed E-state index contributed by atoms with van der Waals surface area (Å²) in [5, 5.41) is 3.00. The van der Waals surface area contributed by atoms with E-state index in [0.29, 0.717) is 17.7 Å². The quantitative estimate of drug-likeness (QED) is 0.658. The van der Waals surface area contributed by atoms with Crippen LogP contribution in [0, 0.1) is 5.92 Å². The maximum atomic E-state index is 12.6. The number of carbonyl (C=O) groups is 2. The lowest BCUT2D eigenvalue weighted by molar-refractivity contribution is 0.0952. The molecule has 0 radical (unpaired) electrons. The van der Waals surface area contributed by atoms with Crippen LogP contribution in [0.4, 0.5) is 0 Å². The molecule has 0 aromatic heterocycles. The van der Waals surface area contributed by atoms with Crippen LogP contribution >= 0.6 is 0 Å². The maximum Gasteiger partial charge on any atom is 0.251 e. The van der Waals surface area contributed by atoms with E-state index in [0.717, 1.165) is 42.0 Å². The first-order chi connectivity index (χ1) is 13.6. The Hall–Kier alpha value is -2.46. The number of hydrogen-bond acceptors (Lipinski definition) is 3. The molecule has 0 spiro atoms. The van der Waals surface area contributed by atoms with Crippen LogP contribution in [0.1, 0.15) is 58.9 Å². The molecule has 0 saturated carbocycles. The van der Waals surface area contributed by atoms with Crippen LogP contribution in [0.5, 0.6) is 0 Å². The van der Waals surface area contributed by atoms with Crippen molar-refractivity contribution < 1.29 is 9.59 Å². The van der Waals surface area contributed by atoms with Crippen LogP contribution in [0.2, 0.25) is 0 Å². The van der Waals surface area contributed by atoms with Gasteiger partial charge in [-0.25, -0.2) is 0 Å². The van der Waals surface area contributed by atoms with Gasteiger partial charge in [0.05, 0.1) is 0 Å².